The Morgan fingerprint density at radius 3 is 2.44 bits per heavy atom. The Hall–Kier alpha value is -3.17. The van der Waals surface area contributed by atoms with E-state index >= 15 is 0 Å². The van der Waals surface area contributed by atoms with Gasteiger partial charge < -0.3 is 0 Å². The van der Waals surface area contributed by atoms with Crippen molar-refractivity contribution in [2.75, 3.05) is 5.43 Å². The number of halogens is 4. The van der Waals surface area contributed by atoms with Crippen LogP contribution in [0.2, 0.25) is 0 Å². The van der Waals surface area contributed by atoms with E-state index in [1.807, 2.05) is 0 Å². The van der Waals surface area contributed by atoms with Gasteiger partial charge in [0.1, 0.15) is 11.5 Å². The summed E-state index contributed by atoms with van der Waals surface area (Å²) in [6, 6.07) is 5.29. The van der Waals surface area contributed by atoms with E-state index in [1.165, 1.54) is 6.07 Å². The fourth-order valence-corrected chi connectivity index (χ4v) is 2.00. The molecule has 0 aromatic heterocycles. The second-order valence-corrected chi connectivity index (χ2v) is 5.03. The Kier molecular flexibility index (Phi) is 4.91. The molecule has 25 heavy (non-hydrogen) atoms. The molecule has 0 heterocycles. The summed E-state index contributed by atoms with van der Waals surface area (Å²) >= 11 is 0. The second-order valence-electron chi connectivity index (χ2n) is 5.03. The predicted molar refractivity (Wildman–Crippen MR) is 80.3 cm³/mol. The van der Waals surface area contributed by atoms with Crippen LogP contribution in [-0.2, 0) is 6.18 Å². The monoisotopic (exact) mass is 357 g/mol. The van der Waals surface area contributed by atoms with Crippen LogP contribution < -0.4 is 10.9 Å². The number of carbonyl (C=O) groups is 1. The molecule has 2 aromatic carbocycles. The average Bonchev–Trinajstić information content (AvgIpc) is 2.53. The number of hydrazine groups is 1. The molecule has 0 aliphatic rings. The first-order valence-electron chi connectivity index (χ1n) is 6.77. The lowest BCUT2D eigenvalue weighted by Crippen LogP contribution is -2.30. The van der Waals surface area contributed by atoms with Crippen LogP contribution in [0, 0.1) is 22.9 Å². The minimum atomic E-state index is -4.74. The van der Waals surface area contributed by atoms with E-state index < -0.39 is 34.1 Å². The van der Waals surface area contributed by atoms with E-state index in [9.17, 15) is 32.5 Å². The quantitative estimate of drug-likeness (QED) is 0.495. The highest BCUT2D eigenvalue weighted by molar-refractivity contribution is 5.96. The van der Waals surface area contributed by atoms with E-state index in [1.54, 1.807) is 6.92 Å². The Bertz CT molecular complexity index is 837. The van der Waals surface area contributed by atoms with Crippen molar-refractivity contribution < 1.29 is 27.3 Å². The van der Waals surface area contributed by atoms with Gasteiger partial charge in [-0.25, -0.2) is 4.39 Å². The van der Waals surface area contributed by atoms with Crippen LogP contribution >= 0.6 is 0 Å². The van der Waals surface area contributed by atoms with Crippen molar-refractivity contribution >= 4 is 17.3 Å². The fraction of sp³-hybridized carbons (Fsp3) is 0.133. The summed E-state index contributed by atoms with van der Waals surface area (Å²) in [5.74, 6) is -1.46. The highest BCUT2D eigenvalue weighted by Crippen LogP contribution is 2.34. The third-order valence-corrected chi connectivity index (χ3v) is 3.28. The molecular formula is C15H11F4N3O3. The lowest BCUT2D eigenvalue weighted by molar-refractivity contribution is -0.384. The molecule has 6 nitrogen and oxygen atoms in total. The molecule has 0 aliphatic heterocycles. The van der Waals surface area contributed by atoms with E-state index in [0.29, 0.717) is 17.7 Å². The lowest BCUT2D eigenvalue weighted by atomic mass is 10.1. The molecule has 0 saturated heterocycles. The number of alkyl halides is 3. The zero-order valence-electron chi connectivity index (χ0n) is 12.6. The number of rotatable bonds is 4. The van der Waals surface area contributed by atoms with Gasteiger partial charge in [0.05, 0.1) is 10.5 Å². The highest BCUT2D eigenvalue weighted by atomic mass is 19.4. The first-order valence-corrected chi connectivity index (χ1v) is 6.77. The molecule has 10 heteroatoms. The van der Waals surface area contributed by atoms with Crippen LogP contribution in [0.1, 0.15) is 21.5 Å². The maximum Gasteiger partial charge on any atom is 0.416 e. The molecule has 0 spiro atoms. The Balaban J connectivity index is 2.24. The van der Waals surface area contributed by atoms with Gasteiger partial charge in [-0.3, -0.25) is 25.8 Å². The van der Waals surface area contributed by atoms with E-state index in [0.717, 1.165) is 18.2 Å². The van der Waals surface area contributed by atoms with E-state index in [2.05, 4.69) is 10.9 Å². The number of hydrogen-bond donors (Lipinski definition) is 2. The van der Waals surface area contributed by atoms with Gasteiger partial charge in [0.25, 0.3) is 11.6 Å². The molecule has 2 N–H and O–H groups in total. The zero-order valence-corrected chi connectivity index (χ0v) is 12.6. The summed E-state index contributed by atoms with van der Waals surface area (Å²) < 4.78 is 51.1. The topological polar surface area (TPSA) is 84.3 Å². The average molecular weight is 357 g/mol. The third-order valence-electron chi connectivity index (χ3n) is 3.28. The highest BCUT2D eigenvalue weighted by Gasteiger charge is 2.33. The summed E-state index contributed by atoms with van der Waals surface area (Å²) in [6.45, 7) is 1.55. The molecule has 0 saturated carbocycles. The Morgan fingerprint density at radius 2 is 1.84 bits per heavy atom. The number of nitrogens with one attached hydrogen (secondary N) is 2. The summed E-state index contributed by atoms with van der Waals surface area (Å²) in [7, 11) is 0. The summed E-state index contributed by atoms with van der Waals surface area (Å²) in [4.78, 5) is 21.9. The van der Waals surface area contributed by atoms with Crippen LogP contribution in [0.25, 0.3) is 0 Å². The van der Waals surface area contributed by atoms with Crippen molar-refractivity contribution in [3.05, 3.63) is 69.0 Å². The van der Waals surface area contributed by atoms with Gasteiger partial charge in [-0.2, -0.15) is 13.2 Å². The molecule has 0 bridgehead atoms. The van der Waals surface area contributed by atoms with Crippen molar-refractivity contribution in [3.8, 4) is 0 Å². The van der Waals surface area contributed by atoms with Gasteiger partial charge in [-0.05, 0) is 36.8 Å². The van der Waals surface area contributed by atoms with E-state index in [4.69, 9.17) is 0 Å². The maximum atomic E-state index is 13.2. The van der Waals surface area contributed by atoms with Crippen molar-refractivity contribution in [3.63, 3.8) is 0 Å². The van der Waals surface area contributed by atoms with Gasteiger partial charge in [0, 0.05) is 11.6 Å². The van der Waals surface area contributed by atoms with Crippen molar-refractivity contribution in [2.24, 2.45) is 0 Å². The fourth-order valence-electron chi connectivity index (χ4n) is 2.00. The maximum absolute atomic E-state index is 13.2. The SMILES string of the molecule is Cc1ccc(F)cc1C(=O)NNc1ccc(C(F)(F)F)cc1[N+](=O)[O-]. The van der Waals surface area contributed by atoms with Crippen LogP contribution in [0.5, 0.6) is 0 Å². The lowest BCUT2D eigenvalue weighted by Gasteiger charge is -2.12. The number of aryl methyl sites for hydroxylation is 1. The molecule has 132 valence electrons. The predicted octanol–water partition coefficient (Wildman–Crippen LogP) is 3.82. The largest absolute Gasteiger partial charge is 0.416 e. The van der Waals surface area contributed by atoms with E-state index in [-0.39, 0.29) is 11.3 Å². The first-order chi connectivity index (χ1) is 11.6. The molecule has 2 rings (SSSR count). The number of nitro benzene ring substituents is 1. The van der Waals surface area contributed by atoms with Crippen molar-refractivity contribution in [2.45, 2.75) is 13.1 Å². The number of hydrogen-bond acceptors (Lipinski definition) is 4. The van der Waals surface area contributed by atoms with Crippen molar-refractivity contribution in [1.29, 1.82) is 0 Å². The van der Waals surface area contributed by atoms with Gasteiger partial charge in [-0.1, -0.05) is 6.07 Å². The normalized spacial score (nSPS) is 11.1. The number of amides is 1. The number of nitrogens with zero attached hydrogens (tertiary/aromatic N) is 1. The second kappa shape index (κ2) is 6.75. The van der Waals surface area contributed by atoms with Gasteiger partial charge in [0.15, 0.2) is 0 Å². The Labute approximate surface area is 138 Å². The number of nitro groups is 1. The molecule has 0 aliphatic carbocycles. The molecular weight excluding hydrogens is 346 g/mol. The molecule has 0 radical (unpaired) electrons. The standard InChI is InChI=1S/C15H11F4N3O3/c1-8-2-4-10(16)7-11(8)14(23)21-20-12-5-3-9(15(17,18)19)6-13(12)22(24)25/h2-7,20H,1H3,(H,21,23). The van der Waals surface area contributed by atoms with Crippen LogP contribution in [0.3, 0.4) is 0 Å². The number of benzene rings is 2. The summed E-state index contributed by atoms with van der Waals surface area (Å²) in [5, 5.41) is 11.0. The van der Waals surface area contributed by atoms with Gasteiger partial charge in [-0.15, -0.1) is 0 Å². The number of anilines is 1. The van der Waals surface area contributed by atoms with Gasteiger partial charge >= 0.3 is 6.18 Å². The molecule has 1 amide bonds. The molecule has 0 fully saturated rings. The minimum absolute atomic E-state index is 0.0259. The summed E-state index contributed by atoms with van der Waals surface area (Å²) in [5.41, 5.74) is 2.29. The number of carbonyl (C=O) groups excluding carboxylic acids is 1. The zero-order chi connectivity index (χ0) is 18.8. The molecule has 2 aromatic rings. The van der Waals surface area contributed by atoms with Gasteiger partial charge in [0.2, 0.25) is 0 Å². The van der Waals surface area contributed by atoms with Crippen LogP contribution in [0.15, 0.2) is 36.4 Å². The summed E-state index contributed by atoms with van der Waals surface area (Å²) in [6.07, 6.45) is -4.74. The first kappa shape index (κ1) is 18.2. The smallest absolute Gasteiger partial charge is 0.292 e. The molecule has 0 atom stereocenters. The van der Waals surface area contributed by atoms with Crippen LogP contribution in [-0.4, -0.2) is 10.8 Å². The third kappa shape index (κ3) is 4.22. The molecule has 0 unspecified atom stereocenters. The van der Waals surface area contributed by atoms with Crippen LogP contribution in [0.4, 0.5) is 28.9 Å². The Morgan fingerprint density at radius 1 is 1.16 bits per heavy atom. The minimum Gasteiger partial charge on any atom is -0.292 e. The van der Waals surface area contributed by atoms with Crippen molar-refractivity contribution in [1.82, 2.24) is 5.43 Å².